The molecule has 3 nitrogen and oxygen atoms in total. The van der Waals surface area contributed by atoms with E-state index in [1.165, 1.54) is 19.2 Å². The molecule has 0 spiro atoms. The van der Waals surface area contributed by atoms with Crippen molar-refractivity contribution in [2.24, 2.45) is 0 Å². The molecule has 1 aromatic rings. The summed E-state index contributed by atoms with van der Waals surface area (Å²) in [5, 5.41) is 2.45. The van der Waals surface area contributed by atoms with Crippen LogP contribution in [0.5, 0.6) is 0 Å². The third-order valence-electron chi connectivity index (χ3n) is 2.13. The number of carbonyl (C=O) groups is 1. The predicted octanol–water partition coefficient (Wildman–Crippen LogP) is 2.84. The normalized spacial score (nSPS) is 11.4. The first-order chi connectivity index (χ1) is 8.36. The maximum absolute atomic E-state index is 12.6. The number of hydrogen-bond donors (Lipinski definition) is 1. The minimum absolute atomic E-state index is 0.0402. The number of hydrogen-bond acceptors (Lipinski definition) is 2. The fourth-order valence-corrected chi connectivity index (χ4v) is 1.72. The van der Waals surface area contributed by atoms with Gasteiger partial charge in [0.05, 0.1) is 12.2 Å². The van der Waals surface area contributed by atoms with Crippen LogP contribution in [0.2, 0.25) is 0 Å². The molecule has 18 heavy (non-hydrogen) atoms. The molecule has 1 rings (SSSR count). The van der Waals surface area contributed by atoms with E-state index in [0.717, 1.165) is 6.07 Å². The van der Waals surface area contributed by atoms with Crippen LogP contribution < -0.4 is 5.32 Å². The highest BCUT2D eigenvalue weighted by atomic mass is 79.9. The maximum Gasteiger partial charge on any atom is 0.417 e. The topological polar surface area (TPSA) is 38.3 Å². The third kappa shape index (κ3) is 3.99. The van der Waals surface area contributed by atoms with Gasteiger partial charge >= 0.3 is 6.18 Å². The summed E-state index contributed by atoms with van der Waals surface area (Å²) in [5.74, 6) is -0.565. The average molecular weight is 326 g/mol. The number of benzene rings is 1. The van der Waals surface area contributed by atoms with Crippen molar-refractivity contribution in [2.75, 3.05) is 20.3 Å². The van der Waals surface area contributed by atoms with Gasteiger partial charge in [-0.1, -0.05) is 15.9 Å². The van der Waals surface area contributed by atoms with Crippen molar-refractivity contribution in [1.29, 1.82) is 0 Å². The Bertz CT molecular complexity index is 435. The molecule has 0 saturated carbocycles. The number of alkyl halides is 3. The van der Waals surface area contributed by atoms with E-state index >= 15 is 0 Å². The molecule has 0 bridgehead atoms. The van der Waals surface area contributed by atoms with E-state index in [0.29, 0.717) is 6.61 Å². The second-order valence-corrected chi connectivity index (χ2v) is 4.30. The van der Waals surface area contributed by atoms with Gasteiger partial charge in [-0.3, -0.25) is 4.79 Å². The number of methoxy groups -OCH3 is 1. The number of ether oxygens (including phenoxy) is 1. The Morgan fingerprint density at radius 1 is 1.44 bits per heavy atom. The van der Waals surface area contributed by atoms with Gasteiger partial charge in [0.2, 0.25) is 0 Å². The molecule has 0 fully saturated rings. The molecule has 100 valence electrons. The fourth-order valence-electron chi connectivity index (χ4n) is 1.25. The average Bonchev–Trinajstić information content (AvgIpc) is 2.28. The second kappa shape index (κ2) is 6.19. The molecule has 1 amide bonds. The highest BCUT2D eigenvalue weighted by molar-refractivity contribution is 9.10. The summed E-state index contributed by atoms with van der Waals surface area (Å²) < 4.78 is 42.5. The van der Waals surface area contributed by atoms with E-state index < -0.39 is 17.6 Å². The molecule has 0 aliphatic carbocycles. The summed E-state index contributed by atoms with van der Waals surface area (Å²) in [6, 6.07) is 3.34. The number of halogens is 4. The maximum atomic E-state index is 12.6. The highest BCUT2D eigenvalue weighted by Crippen LogP contribution is 2.35. The van der Waals surface area contributed by atoms with Crippen LogP contribution in [0.15, 0.2) is 22.7 Å². The van der Waals surface area contributed by atoms with E-state index in [-0.39, 0.29) is 16.6 Å². The zero-order valence-corrected chi connectivity index (χ0v) is 11.1. The van der Waals surface area contributed by atoms with Gasteiger partial charge in [-0.2, -0.15) is 13.2 Å². The first-order valence-corrected chi connectivity index (χ1v) is 5.79. The first-order valence-electron chi connectivity index (χ1n) is 5.00. The van der Waals surface area contributed by atoms with E-state index in [9.17, 15) is 18.0 Å². The molecule has 0 unspecified atom stereocenters. The van der Waals surface area contributed by atoms with Crippen molar-refractivity contribution in [3.8, 4) is 0 Å². The standard InChI is InChI=1S/C11H11BrF3NO2/c1-18-5-4-16-10(17)7-2-3-9(12)8(6-7)11(13,14)15/h2-3,6H,4-5H2,1H3,(H,16,17). The van der Waals surface area contributed by atoms with Crippen molar-refractivity contribution in [3.05, 3.63) is 33.8 Å². The molecule has 0 radical (unpaired) electrons. The Labute approximate surface area is 110 Å². The molecule has 0 heterocycles. The van der Waals surface area contributed by atoms with Gasteiger partial charge < -0.3 is 10.1 Å². The van der Waals surface area contributed by atoms with Crippen LogP contribution >= 0.6 is 15.9 Å². The number of carbonyl (C=O) groups excluding carboxylic acids is 1. The quantitative estimate of drug-likeness (QED) is 0.864. The van der Waals surface area contributed by atoms with Crippen molar-refractivity contribution >= 4 is 21.8 Å². The summed E-state index contributed by atoms with van der Waals surface area (Å²) in [4.78, 5) is 11.6. The highest BCUT2D eigenvalue weighted by Gasteiger charge is 2.33. The van der Waals surface area contributed by atoms with Crippen LogP contribution in [0.1, 0.15) is 15.9 Å². The van der Waals surface area contributed by atoms with E-state index in [1.54, 1.807) is 0 Å². The summed E-state index contributed by atoms with van der Waals surface area (Å²) >= 11 is 2.81. The zero-order valence-electron chi connectivity index (χ0n) is 9.47. The zero-order chi connectivity index (χ0) is 13.8. The van der Waals surface area contributed by atoms with Gasteiger partial charge in [0, 0.05) is 23.7 Å². The lowest BCUT2D eigenvalue weighted by Gasteiger charge is -2.11. The van der Waals surface area contributed by atoms with E-state index in [2.05, 4.69) is 21.2 Å². The summed E-state index contributed by atoms with van der Waals surface area (Å²) in [6.07, 6.45) is -4.50. The Hall–Kier alpha value is -1.08. The lowest BCUT2D eigenvalue weighted by molar-refractivity contribution is -0.138. The molecular weight excluding hydrogens is 315 g/mol. The van der Waals surface area contributed by atoms with Crippen molar-refractivity contribution in [1.82, 2.24) is 5.32 Å². The minimum atomic E-state index is -4.50. The number of nitrogens with one attached hydrogen (secondary N) is 1. The van der Waals surface area contributed by atoms with Crippen LogP contribution in [0.3, 0.4) is 0 Å². The Kier molecular flexibility index (Phi) is 5.15. The second-order valence-electron chi connectivity index (χ2n) is 3.44. The monoisotopic (exact) mass is 325 g/mol. The summed E-state index contributed by atoms with van der Waals surface area (Å²) in [5.41, 5.74) is -0.913. The SMILES string of the molecule is COCCNC(=O)c1ccc(Br)c(C(F)(F)F)c1. The predicted molar refractivity (Wildman–Crippen MR) is 63.4 cm³/mol. The molecule has 0 aliphatic heterocycles. The molecule has 0 aliphatic rings. The van der Waals surface area contributed by atoms with Crippen molar-refractivity contribution < 1.29 is 22.7 Å². The van der Waals surface area contributed by atoms with Gasteiger partial charge in [0.1, 0.15) is 0 Å². The first kappa shape index (κ1) is 15.0. The van der Waals surface area contributed by atoms with Gasteiger partial charge in [0.15, 0.2) is 0 Å². The van der Waals surface area contributed by atoms with E-state index in [4.69, 9.17) is 4.74 Å². The summed E-state index contributed by atoms with van der Waals surface area (Å²) in [6.45, 7) is 0.543. The lowest BCUT2D eigenvalue weighted by atomic mass is 10.1. The third-order valence-corrected chi connectivity index (χ3v) is 2.82. The Morgan fingerprint density at radius 3 is 2.67 bits per heavy atom. The van der Waals surface area contributed by atoms with Gasteiger partial charge in [-0.15, -0.1) is 0 Å². The molecule has 0 atom stereocenters. The summed E-state index contributed by atoms with van der Waals surface area (Å²) in [7, 11) is 1.47. The van der Waals surface area contributed by atoms with Crippen molar-refractivity contribution in [2.45, 2.75) is 6.18 Å². The lowest BCUT2D eigenvalue weighted by Crippen LogP contribution is -2.27. The Balaban J connectivity index is 2.88. The number of rotatable bonds is 4. The smallest absolute Gasteiger partial charge is 0.383 e. The van der Waals surface area contributed by atoms with Crippen LogP contribution in [0, 0.1) is 0 Å². The molecule has 1 N–H and O–H groups in total. The van der Waals surface area contributed by atoms with Crippen LogP contribution in [-0.4, -0.2) is 26.2 Å². The van der Waals surface area contributed by atoms with Gasteiger partial charge in [-0.25, -0.2) is 0 Å². The molecule has 7 heteroatoms. The largest absolute Gasteiger partial charge is 0.417 e. The minimum Gasteiger partial charge on any atom is -0.383 e. The Morgan fingerprint density at radius 2 is 2.11 bits per heavy atom. The van der Waals surface area contributed by atoms with Gasteiger partial charge in [0.25, 0.3) is 5.91 Å². The molecule has 0 saturated heterocycles. The fraction of sp³-hybridized carbons (Fsp3) is 0.364. The molecule has 1 aromatic carbocycles. The van der Waals surface area contributed by atoms with Crippen LogP contribution in [0.4, 0.5) is 13.2 Å². The molecule has 0 aromatic heterocycles. The van der Waals surface area contributed by atoms with Crippen molar-refractivity contribution in [3.63, 3.8) is 0 Å². The van der Waals surface area contributed by atoms with Gasteiger partial charge in [-0.05, 0) is 18.2 Å². The van der Waals surface area contributed by atoms with Crippen LogP contribution in [-0.2, 0) is 10.9 Å². The molecular formula is C11H11BrF3NO2. The van der Waals surface area contributed by atoms with Crippen LogP contribution in [0.25, 0.3) is 0 Å². The number of amides is 1. The van der Waals surface area contributed by atoms with E-state index in [1.807, 2.05) is 0 Å².